The van der Waals surface area contributed by atoms with Crippen molar-refractivity contribution in [1.29, 1.82) is 0 Å². The van der Waals surface area contributed by atoms with E-state index in [1.54, 1.807) is 18.4 Å². The number of aryl methyl sites for hydroxylation is 2. The highest BCUT2D eigenvalue weighted by Crippen LogP contribution is 2.32. The Kier molecular flexibility index (Phi) is 5.21. The summed E-state index contributed by atoms with van der Waals surface area (Å²) in [6, 6.07) is 6.85. The molecule has 2 rings (SSSR count). The molecule has 0 aliphatic carbocycles. The van der Waals surface area contributed by atoms with E-state index >= 15 is 0 Å². The molecule has 1 heterocycles. The molecule has 108 valence electrons. The summed E-state index contributed by atoms with van der Waals surface area (Å²) in [6.07, 6.45) is 0.998. The van der Waals surface area contributed by atoms with Crippen molar-refractivity contribution in [2.75, 3.05) is 13.7 Å². The van der Waals surface area contributed by atoms with E-state index in [1.165, 1.54) is 22.3 Å². The molecule has 1 N–H and O–H groups in total. The molecule has 0 spiro atoms. The van der Waals surface area contributed by atoms with Gasteiger partial charge in [-0.1, -0.05) is 13.0 Å². The van der Waals surface area contributed by atoms with Gasteiger partial charge in [0.1, 0.15) is 5.75 Å². The number of ether oxygens (including phenoxy) is 1. The van der Waals surface area contributed by atoms with Crippen LogP contribution in [0.15, 0.2) is 29.0 Å². The van der Waals surface area contributed by atoms with Crippen molar-refractivity contribution in [3.05, 3.63) is 51.2 Å². The van der Waals surface area contributed by atoms with Gasteiger partial charge >= 0.3 is 0 Å². The zero-order valence-electron chi connectivity index (χ0n) is 12.7. The Morgan fingerprint density at radius 2 is 2.10 bits per heavy atom. The molecule has 3 heteroatoms. The van der Waals surface area contributed by atoms with E-state index in [4.69, 9.17) is 4.74 Å². The van der Waals surface area contributed by atoms with Crippen LogP contribution in [0.3, 0.4) is 0 Å². The highest BCUT2D eigenvalue weighted by molar-refractivity contribution is 7.07. The van der Waals surface area contributed by atoms with Gasteiger partial charge in [0.2, 0.25) is 0 Å². The molecule has 1 aromatic heterocycles. The molecule has 0 aliphatic heterocycles. The van der Waals surface area contributed by atoms with Gasteiger partial charge in [-0.3, -0.25) is 0 Å². The van der Waals surface area contributed by atoms with E-state index in [2.05, 4.69) is 55.0 Å². The summed E-state index contributed by atoms with van der Waals surface area (Å²) in [4.78, 5) is 0. The zero-order valence-corrected chi connectivity index (χ0v) is 13.5. The first kappa shape index (κ1) is 15.1. The maximum atomic E-state index is 5.62. The van der Waals surface area contributed by atoms with Crippen LogP contribution in [0.5, 0.6) is 5.75 Å². The van der Waals surface area contributed by atoms with Crippen LogP contribution in [-0.2, 0) is 6.42 Å². The number of likely N-dealkylation sites (N-methyl/N-ethyl adjacent to an activating group) is 1. The first-order valence-corrected chi connectivity index (χ1v) is 7.99. The topological polar surface area (TPSA) is 21.3 Å². The van der Waals surface area contributed by atoms with Crippen LogP contribution in [0, 0.1) is 13.8 Å². The van der Waals surface area contributed by atoms with Gasteiger partial charge in [-0.25, -0.2) is 0 Å². The van der Waals surface area contributed by atoms with E-state index < -0.39 is 0 Å². The van der Waals surface area contributed by atoms with Gasteiger partial charge in [-0.2, -0.15) is 11.3 Å². The molecule has 2 nitrogen and oxygen atoms in total. The summed E-state index contributed by atoms with van der Waals surface area (Å²) >= 11 is 1.75. The SMILES string of the molecule is CCNC(Cc1ccsc1)c1c(C)cc(C)cc1OC. The van der Waals surface area contributed by atoms with Crippen LogP contribution in [-0.4, -0.2) is 13.7 Å². The van der Waals surface area contributed by atoms with Crippen LogP contribution in [0.2, 0.25) is 0 Å². The van der Waals surface area contributed by atoms with Crippen molar-refractivity contribution in [2.24, 2.45) is 0 Å². The number of rotatable bonds is 6. The molecule has 20 heavy (non-hydrogen) atoms. The predicted octanol–water partition coefficient (Wildman–Crippen LogP) is 4.27. The van der Waals surface area contributed by atoms with E-state index in [9.17, 15) is 0 Å². The zero-order chi connectivity index (χ0) is 14.5. The number of nitrogens with one attached hydrogen (secondary N) is 1. The maximum absolute atomic E-state index is 5.62. The van der Waals surface area contributed by atoms with Gasteiger partial charge < -0.3 is 10.1 Å². The molecule has 0 fully saturated rings. The normalized spacial score (nSPS) is 12.4. The molecule has 0 amide bonds. The van der Waals surface area contributed by atoms with E-state index in [-0.39, 0.29) is 0 Å². The van der Waals surface area contributed by atoms with E-state index in [0.717, 1.165) is 18.7 Å². The van der Waals surface area contributed by atoms with Crippen molar-refractivity contribution in [3.63, 3.8) is 0 Å². The largest absolute Gasteiger partial charge is 0.496 e. The average Bonchev–Trinajstić information content (AvgIpc) is 2.90. The van der Waals surface area contributed by atoms with E-state index in [0.29, 0.717) is 6.04 Å². The lowest BCUT2D eigenvalue weighted by Gasteiger charge is -2.23. The summed E-state index contributed by atoms with van der Waals surface area (Å²) in [5.74, 6) is 0.990. The van der Waals surface area contributed by atoms with Crippen LogP contribution in [0.1, 0.15) is 35.2 Å². The van der Waals surface area contributed by atoms with E-state index in [1.807, 2.05) is 0 Å². The summed E-state index contributed by atoms with van der Waals surface area (Å²) in [5, 5.41) is 7.96. The first-order valence-electron chi connectivity index (χ1n) is 7.05. The quantitative estimate of drug-likeness (QED) is 0.857. The summed E-state index contributed by atoms with van der Waals surface area (Å²) in [7, 11) is 1.76. The van der Waals surface area contributed by atoms with Gasteiger partial charge in [0.05, 0.1) is 7.11 Å². The smallest absolute Gasteiger partial charge is 0.124 e. The van der Waals surface area contributed by atoms with Crippen LogP contribution >= 0.6 is 11.3 Å². The minimum atomic E-state index is 0.296. The van der Waals surface area contributed by atoms with Crippen molar-refractivity contribution >= 4 is 11.3 Å². The van der Waals surface area contributed by atoms with Crippen LogP contribution < -0.4 is 10.1 Å². The lowest BCUT2D eigenvalue weighted by Crippen LogP contribution is -2.24. The molecule has 0 saturated heterocycles. The third-order valence-corrected chi connectivity index (χ3v) is 4.26. The third-order valence-electron chi connectivity index (χ3n) is 3.53. The lowest BCUT2D eigenvalue weighted by atomic mass is 9.94. The molecule has 2 aromatic rings. The van der Waals surface area contributed by atoms with Gasteiger partial charge in [-0.05, 0) is 66.4 Å². The van der Waals surface area contributed by atoms with Crippen LogP contribution in [0.25, 0.3) is 0 Å². The van der Waals surface area contributed by atoms with Gasteiger partial charge in [-0.15, -0.1) is 0 Å². The highest BCUT2D eigenvalue weighted by atomic mass is 32.1. The molecule has 1 aromatic carbocycles. The molecule has 0 radical (unpaired) electrons. The number of thiophene rings is 1. The fourth-order valence-electron chi connectivity index (χ4n) is 2.72. The summed E-state index contributed by atoms with van der Waals surface area (Å²) < 4.78 is 5.62. The van der Waals surface area contributed by atoms with Gasteiger partial charge in [0.25, 0.3) is 0 Å². The Bertz CT molecular complexity index is 548. The predicted molar refractivity (Wildman–Crippen MR) is 86.9 cm³/mol. The molecule has 0 saturated carbocycles. The van der Waals surface area contributed by atoms with Crippen molar-refractivity contribution in [3.8, 4) is 5.75 Å². The van der Waals surface area contributed by atoms with Crippen molar-refractivity contribution < 1.29 is 4.74 Å². The fraction of sp³-hybridized carbons (Fsp3) is 0.412. The number of methoxy groups -OCH3 is 1. The Morgan fingerprint density at radius 1 is 1.30 bits per heavy atom. The van der Waals surface area contributed by atoms with Gasteiger partial charge in [0, 0.05) is 11.6 Å². The fourth-order valence-corrected chi connectivity index (χ4v) is 3.40. The number of hydrogen-bond donors (Lipinski definition) is 1. The lowest BCUT2D eigenvalue weighted by molar-refractivity contribution is 0.398. The minimum absolute atomic E-state index is 0.296. The first-order chi connectivity index (χ1) is 9.65. The summed E-state index contributed by atoms with van der Waals surface area (Å²) in [5.41, 5.74) is 5.20. The number of hydrogen-bond acceptors (Lipinski definition) is 3. The summed E-state index contributed by atoms with van der Waals surface area (Å²) in [6.45, 7) is 7.38. The van der Waals surface area contributed by atoms with Crippen LogP contribution in [0.4, 0.5) is 0 Å². The molecule has 0 bridgehead atoms. The molecular formula is C17H23NOS. The third kappa shape index (κ3) is 3.41. The molecule has 0 aliphatic rings. The molecule has 1 atom stereocenters. The Hall–Kier alpha value is -1.32. The second-order valence-electron chi connectivity index (χ2n) is 5.14. The molecular weight excluding hydrogens is 266 g/mol. The Balaban J connectivity index is 2.38. The minimum Gasteiger partial charge on any atom is -0.496 e. The average molecular weight is 289 g/mol. The van der Waals surface area contributed by atoms with Crippen molar-refractivity contribution in [2.45, 2.75) is 33.2 Å². The maximum Gasteiger partial charge on any atom is 0.124 e. The second kappa shape index (κ2) is 6.91. The number of benzene rings is 1. The second-order valence-corrected chi connectivity index (χ2v) is 5.92. The Labute approximate surface area is 125 Å². The highest BCUT2D eigenvalue weighted by Gasteiger charge is 2.19. The molecule has 1 unspecified atom stereocenters. The van der Waals surface area contributed by atoms with Crippen molar-refractivity contribution in [1.82, 2.24) is 5.32 Å². The monoisotopic (exact) mass is 289 g/mol. The standard InChI is InChI=1S/C17H23NOS/c1-5-18-15(10-14-6-7-20-11-14)17-13(3)8-12(2)9-16(17)19-4/h6-9,11,15,18H,5,10H2,1-4H3. The Morgan fingerprint density at radius 3 is 2.70 bits per heavy atom. The van der Waals surface area contributed by atoms with Gasteiger partial charge in [0.15, 0.2) is 0 Å².